The van der Waals surface area contributed by atoms with E-state index in [0.717, 1.165) is 13.2 Å². The second kappa shape index (κ2) is 9.04. The molecule has 0 rings (SSSR count). The van der Waals surface area contributed by atoms with Gasteiger partial charge in [-0.25, -0.2) is 0 Å². The zero-order valence-corrected chi connectivity index (χ0v) is 5.16. The second-order valence-corrected chi connectivity index (χ2v) is 0.781. The standard InChI is InChI=1S/C4H10O.P/c1-3-5-4-2;/h3-4H2,1-2H3;. The van der Waals surface area contributed by atoms with Crippen LogP contribution in [0.25, 0.3) is 0 Å². The van der Waals surface area contributed by atoms with Crippen molar-refractivity contribution in [1.82, 2.24) is 0 Å². The van der Waals surface area contributed by atoms with Crippen molar-refractivity contribution in [2.24, 2.45) is 0 Å². The van der Waals surface area contributed by atoms with Crippen molar-refractivity contribution in [2.75, 3.05) is 13.2 Å². The van der Waals surface area contributed by atoms with Gasteiger partial charge in [-0.3, -0.25) is 0 Å². The molecule has 0 N–H and O–H groups in total. The average molecular weight is 105 g/mol. The number of hydrogen-bond donors (Lipinski definition) is 0. The average Bonchev–Trinajstić information content (AvgIpc) is 1.41. The smallest absolute Gasteiger partial charge is 0.0437 e. The molecule has 37 valence electrons. The molecule has 0 saturated carbocycles. The summed E-state index contributed by atoms with van der Waals surface area (Å²) in [7, 11) is 0. The van der Waals surface area contributed by atoms with Crippen molar-refractivity contribution in [1.29, 1.82) is 0 Å². The van der Waals surface area contributed by atoms with Crippen LogP contribution in [0.3, 0.4) is 0 Å². The summed E-state index contributed by atoms with van der Waals surface area (Å²) in [4.78, 5) is 0. The third-order valence-corrected chi connectivity index (χ3v) is 0.408. The molecule has 0 unspecified atom stereocenters. The van der Waals surface area contributed by atoms with Gasteiger partial charge in [-0.05, 0) is 13.8 Å². The Hall–Kier alpha value is 0.390. The van der Waals surface area contributed by atoms with E-state index in [-0.39, 0.29) is 9.90 Å². The molecule has 0 aromatic carbocycles. The maximum Gasteiger partial charge on any atom is 0.0437 e. The Morgan fingerprint density at radius 3 is 1.50 bits per heavy atom. The summed E-state index contributed by atoms with van der Waals surface area (Å²) in [5, 5.41) is 0. The predicted octanol–water partition coefficient (Wildman–Crippen LogP) is 1.90. The van der Waals surface area contributed by atoms with Gasteiger partial charge in [0.05, 0.1) is 0 Å². The molecule has 0 atom stereocenters. The van der Waals surface area contributed by atoms with Crippen LogP contribution in [0.15, 0.2) is 0 Å². The molecule has 0 bridgehead atoms. The largest absolute Gasteiger partial charge is 0.382 e. The number of rotatable bonds is 2. The van der Waals surface area contributed by atoms with Crippen LogP contribution >= 0.6 is 9.90 Å². The second-order valence-electron chi connectivity index (χ2n) is 0.781. The third kappa shape index (κ3) is 8.83. The Labute approximate surface area is 42.7 Å². The summed E-state index contributed by atoms with van der Waals surface area (Å²) in [6, 6.07) is 0. The van der Waals surface area contributed by atoms with Gasteiger partial charge in [-0.15, -0.1) is 0 Å². The molecular weight excluding hydrogens is 95.0 g/mol. The molecule has 2 heteroatoms. The normalized spacial score (nSPS) is 7.00. The molecule has 0 aromatic rings. The fourth-order valence-corrected chi connectivity index (χ4v) is 0.204. The predicted molar refractivity (Wildman–Crippen MR) is 29.1 cm³/mol. The Morgan fingerprint density at radius 1 is 1.17 bits per heavy atom. The van der Waals surface area contributed by atoms with Crippen molar-refractivity contribution < 1.29 is 4.74 Å². The molecule has 0 aromatic heterocycles. The van der Waals surface area contributed by atoms with Crippen LogP contribution in [0.2, 0.25) is 0 Å². The highest BCUT2D eigenvalue weighted by Crippen LogP contribution is 1.64. The summed E-state index contributed by atoms with van der Waals surface area (Å²) < 4.78 is 4.83. The van der Waals surface area contributed by atoms with Crippen LogP contribution in [0.4, 0.5) is 0 Å². The van der Waals surface area contributed by atoms with E-state index in [4.69, 9.17) is 4.74 Å². The zero-order valence-electron chi connectivity index (χ0n) is 4.27. The van der Waals surface area contributed by atoms with Gasteiger partial charge in [0.15, 0.2) is 0 Å². The minimum absolute atomic E-state index is 0. The van der Waals surface area contributed by atoms with Gasteiger partial charge in [0.1, 0.15) is 0 Å². The van der Waals surface area contributed by atoms with E-state index in [1.165, 1.54) is 0 Å². The Kier molecular flexibility index (Phi) is 14.5. The number of hydrogen-bond acceptors (Lipinski definition) is 1. The van der Waals surface area contributed by atoms with Crippen LogP contribution in [0, 0.1) is 0 Å². The summed E-state index contributed by atoms with van der Waals surface area (Å²) >= 11 is 0. The van der Waals surface area contributed by atoms with Crippen molar-refractivity contribution in [3.63, 3.8) is 0 Å². The summed E-state index contributed by atoms with van der Waals surface area (Å²) in [6.07, 6.45) is 0. The first-order chi connectivity index (χ1) is 2.41. The van der Waals surface area contributed by atoms with Crippen LogP contribution in [0.1, 0.15) is 13.8 Å². The van der Waals surface area contributed by atoms with Crippen LogP contribution in [0.5, 0.6) is 0 Å². The van der Waals surface area contributed by atoms with Crippen LogP contribution in [-0.2, 0) is 4.74 Å². The van der Waals surface area contributed by atoms with Gasteiger partial charge >= 0.3 is 0 Å². The van der Waals surface area contributed by atoms with Gasteiger partial charge in [0.2, 0.25) is 0 Å². The van der Waals surface area contributed by atoms with E-state index in [2.05, 4.69) is 0 Å². The van der Waals surface area contributed by atoms with E-state index in [0.29, 0.717) is 0 Å². The van der Waals surface area contributed by atoms with E-state index in [1.54, 1.807) is 0 Å². The SMILES string of the molecule is CCOCC.[P]. The van der Waals surface area contributed by atoms with Gasteiger partial charge < -0.3 is 4.74 Å². The lowest BCUT2D eigenvalue weighted by molar-refractivity contribution is 0.162. The minimum Gasteiger partial charge on any atom is -0.382 e. The first-order valence-electron chi connectivity index (χ1n) is 1.99. The van der Waals surface area contributed by atoms with Crippen molar-refractivity contribution in [2.45, 2.75) is 13.8 Å². The Bertz CT molecular complexity index is 15.0. The first kappa shape index (κ1) is 9.63. The molecular formula is C4H10OP. The quantitative estimate of drug-likeness (QED) is 0.487. The summed E-state index contributed by atoms with van der Waals surface area (Å²) in [6.45, 7) is 5.67. The zero-order chi connectivity index (χ0) is 4.12. The van der Waals surface area contributed by atoms with Crippen molar-refractivity contribution in [3.8, 4) is 0 Å². The van der Waals surface area contributed by atoms with Gasteiger partial charge in [-0.1, -0.05) is 0 Å². The topological polar surface area (TPSA) is 9.23 Å². The lowest BCUT2D eigenvalue weighted by Gasteiger charge is -1.86. The highest BCUT2D eigenvalue weighted by molar-refractivity contribution is 6.92. The van der Waals surface area contributed by atoms with Crippen LogP contribution < -0.4 is 0 Å². The molecule has 1 nitrogen and oxygen atoms in total. The Balaban J connectivity index is 0. The molecule has 0 aliphatic carbocycles. The molecule has 0 saturated heterocycles. The monoisotopic (exact) mass is 105 g/mol. The number of ether oxygens (including phenoxy) is 1. The maximum atomic E-state index is 4.83. The molecule has 0 aliphatic heterocycles. The van der Waals surface area contributed by atoms with E-state index >= 15 is 0 Å². The molecule has 6 heavy (non-hydrogen) atoms. The van der Waals surface area contributed by atoms with E-state index < -0.39 is 0 Å². The third-order valence-electron chi connectivity index (χ3n) is 0.408. The summed E-state index contributed by atoms with van der Waals surface area (Å²) in [5.74, 6) is 0. The van der Waals surface area contributed by atoms with Crippen molar-refractivity contribution >= 4 is 9.90 Å². The highest BCUT2D eigenvalue weighted by atomic mass is 31.0. The molecule has 0 heterocycles. The lowest BCUT2D eigenvalue weighted by atomic mass is 10.8. The van der Waals surface area contributed by atoms with E-state index in [1.807, 2.05) is 13.8 Å². The van der Waals surface area contributed by atoms with Gasteiger partial charge in [0, 0.05) is 23.1 Å². The molecule has 0 fully saturated rings. The van der Waals surface area contributed by atoms with Gasteiger partial charge in [0.25, 0.3) is 0 Å². The van der Waals surface area contributed by atoms with Gasteiger partial charge in [-0.2, -0.15) is 0 Å². The highest BCUT2D eigenvalue weighted by Gasteiger charge is 1.64. The summed E-state index contributed by atoms with van der Waals surface area (Å²) in [5.41, 5.74) is 0. The Morgan fingerprint density at radius 2 is 1.50 bits per heavy atom. The fraction of sp³-hybridized carbons (Fsp3) is 1.00. The first-order valence-corrected chi connectivity index (χ1v) is 1.99. The lowest BCUT2D eigenvalue weighted by Crippen LogP contribution is -1.84. The van der Waals surface area contributed by atoms with Crippen LogP contribution in [-0.4, -0.2) is 13.2 Å². The minimum atomic E-state index is 0. The molecule has 0 spiro atoms. The maximum absolute atomic E-state index is 4.83. The molecule has 3 radical (unpaired) electrons. The fourth-order valence-electron chi connectivity index (χ4n) is 0.204. The van der Waals surface area contributed by atoms with Crippen molar-refractivity contribution in [3.05, 3.63) is 0 Å². The molecule has 0 aliphatic rings. The molecule has 0 amide bonds. The van der Waals surface area contributed by atoms with E-state index in [9.17, 15) is 0 Å².